The quantitative estimate of drug-likeness (QED) is 0.232. The number of carbonyl (C=O) groups excluding carboxylic acids is 2. The molecule has 1 heterocycles. The predicted octanol–water partition coefficient (Wildman–Crippen LogP) is 4.87. The van der Waals surface area contributed by atoms with Crippen molar-refractivity contribution >= 4 is 50.6 Å². The number of phenolic OH excluding ortho intramolecular Hbond substituents is 1. The van der Waals surface area contributed by atoms with Crippen LogP contribution in [0, 0.1) is 6.92 Å². The molecule has 0 aliphatic rings. The fraction of sp³-hybridized carbons (Fsp3) is 0.0714. The van der Waals surface area contributed by atoms with Gasteiger partial charge in [-0.3, -0.25) is 14.4 Å². The van der Waals surface area contributed by atoms with Crippen LogP contribution in [0.3, 0.4) is 0 Å². The van der Waals surface area contributed by atoms with Crippen molar-refractivity contribution in [3.05, 3.63) is 94.0 Å². The van der Waals surface area contributed by atoms with E-state index in [0.29, 0.717) is 44.5 Å². The largest absolute Gasteiger partial charge is 0.506 e. The van der Waals surface area contributed by atoms with Crippen LogP contribution in [0.2, 0.25) is 0 Å². The van der Waals surface area contributed by atoms with Gasteiger partial charge < -0.3 is 25.9 Å². The SMILES string of the molecule is COc1ccc(C(N)=O)cc1N=Nc1c(O)ccc2cc(C(=O)Nc3ccc4nc(C)[nH]c(=O)c4c3)ccc12. The van der Waals surface area contributed by atoms with E-state index in [0.717, 1.165) is 0 Å². The lowest BCUT2D eigenvalue weighted by Gasteiger charge is -2.09. The van der Waals surface area contributed by atoms with Crippen LogP contribution >= 0.6 is 0 Å². The first-order chi connectivity index (χ1) is 18.7. The number of nitrogens with two attached hydrogens (primary N) is 1. The number of benzene rings is 4. The summed E-state index contributed by atoms with van der Waals surface area (Å²) in [6, 6.07) is 17.4. The van der Waals surface area contributed by atoms with Gasteiger partial charge in [0.15, 0.2) is 0 Å². The van der Waals surface area contributed by atoms with Gasteiger partial charge in [-0.25, -0.2) is 4.98 Å². The van der Waals surface area contributed by atoms with Crippen LogP contribution < -0.4 is 21.3 Å². The standard InChI is InChI=1S/C28H22N6O5/c1-14-30-21-8-6-18(13-20(21)28(38)31-14)32-27(37)17-3-7-19-15(11-17)4-9-23(35)25(19)34-33-22-12-16(26(29)36)5-10-24(22)39-2/h3-13,35H,1-2H3,(H2,29,36)(H,32,37)(H,30,31,38). The van der Waals surface area contributed by atoms with Crippen molar-refractivity contribution < 1.29 is 19.4 Å². The lowest BCUT2D eigenvalue weighted by molar-refractivity contribution is 0.0997. The maximum Gasteiger partial charge on any atom is 0.258 e. The summed E-state index contributed by atoms with van der Waals surface area (Å²) in [5, 5.41) is 23.2. The third-order valence-corrected chi connectivity index (χ3v) is 6.03. The molecule has 39 heavy (non-hydrogen) atoms. The Morgan fingerprint density at radius 2 is 1.77 bits per heavy atom. The molecule has 0 unspecified atom stereocenters. The molecule has 0 aliphatic carbocycles. The number of azo groups is 1. The number of aromatic hydroxyl groups is 1. The normalized spacial score (nSPS) is 11.2. The predicted molar refractivity (Wildman–Crippen MR) is 146 cm³/mol. The number of methoxy groups -OCH3 is 1. The molecule has 0 fully saturated rings. The highest BCUT2D eigenvalue weighted by atomic mass is 16.5. The zero-order valence-corrected chi connectivity index (χ0v) is 20.9. The van der Waals surface area contributed by atoms with E-state index in [2.05, 4.69) is 25.5 Å². The lowest BCUT2D eigenvalue weighted by atomic mass is 10.0. The molecule has 11 nitrogen and oxygen atoms in total. The number of rotatable bonds is 6. The van der Waals surface area contributed by atoms with Gasteiger partial charge in [-0.1, -0.05) is 12.1 Å². The number of H-pyrrole nitrogens is 1. The number of nitrogens with zero attached hydrogens (tertiary/aromatic N) is 3. The van der Waals surface area contributed by atoms with E-state index >= 15 is 0 Å². The van der Waals surface area contributed by atoms with Gasteiger partial charge in [-0.05, 0) is 66.9 Å². The number of carbonyl (C=O) groups is 2. The summed E-state index contributed by atoms with van der Waals surface area (Å²) < 4.78 is 5.28. The third-order valence-electron chi connectivity index (χ3n) is 6.03. The number of phenols is 1. The molecule has 0 bridgehead atoms. The number of aromatic amines is 1. The topological polar surface area (TPSA) is 172 Å². The minimum atomic E-state index is -0.629. The summed E-state index contributed by atoms with van der Waals surface area (Å²) in [6.45, 7) is 1.70. The minimum absolute atomic E-state index is 0.126. The van der Waals surface area contributed by atoms with Gasteiger partial charge in [0.1, 0.15) is 28.7 Å². The van der Waals surface area contributed by atoms with E-state index in [-0.39, 0.29) is 28.2 Å². The Labute approximate surface area is 221 Å². The van der Waals surface area contributed by atoms with Gasteiger partial charge in [0.2, 0.25) is 5.91 Å². The molecule has 0 saturated carbocycles. The number of amides is 2. The van der Waals surface area contributed by atoms with Crippen LogP contribution in [0.15, 0.2) is 81.8 Å². The number of nitrogens with one attached hydrogen (secondary N) is 2. The van der Waals surface area contributed by atoms with Crippen molar-refractivity contribution in [1.82, 2.24) is 9.97 Å². The number of hydrogen-bond donors (Lipinski definition) is 4. The highest BCUT2D eigenvalue weighted by Gasteiger charge is 2.13. The number of aryl methyl sites for hydroxylation is 1. The van der Waals surface area contributed by atoms with Crippen molar-refractivity contribution in [2.75, 3.05) is 12.4 Å². The van der Waals surface area contributed by atoms with E-state index in [1.54, 1.807) is 55.5 Å². The van der Waals surface area contributed by atoms with E-state index in [4.69, 9.17) is 10.5 Å². The smallest absolute Gasteiger partial charge is 0.258 e. The Balaban J connectivity index is 1.46. The van der Waals surface area contributed by atoms with Crippen molar-refractivity contribution in [3.8, 4) is 11.5 Å². The summed E-state index contributed by atoms with van der Waals surface area (Å²) in [5.74, 6) is -0.279. The van der Waals surface area contributed by atoms with Gasteiger partial charge in [0, 0.05) is 22.2 Å². The number of aromatic nitrogens is 2. The average molecular weight is 523 g/mol. The Morgan fingerprint density at radius 3 is 2.54 bits per heavy atom. The van der Waals surface area contributed by atoms with Crippen molar-refractivity contribution in [2.45, 2.75) is 6.92 Å². The second-order valence-electron chi connectivity index (χ2n) is 8.66. The molecule has 5 rings (SSSR count). The van der Waals surface area contributed by atoms with Gasteiger partial charge in [-0.2, -0.15) is 0 Å². The Kier molecular flexibility index (Phi) is 6.47. The fourth-order valence-electron chi connectivity index (χ4n) is 4.11. The summed E-state index contributed by atoms with van der Waals surface area (Å²) in [6.07, 6.45) is 0. The van der Waals surface area contributed by atoms with E-state index in [1.165, 1.54) is 25.3 Å². The first kappa shape index (κ1) is 25.1. The van der Waals surface area contributed by atoms with Gasteiger partial charge >= 0.3 is 0 Å². The number of fused-ring (bicyclic) bond motifs is 2. The molecule has 0 saturated heterocycles. The third kappa shape index (κ3) is 5.01. The van der Waals surface area contributed by atoms with Crippen LogP contribution in [0.4, 0.5) is 17.1 Å². The summed E-state index contributed by atoms with van der Waals surface area (Å²) in [7, 11) is 1.45. The molecule has 0 radical (unpaired) electrons. The van der Waals surface area contributed by atoms with Crippen LogP contribution in [0.25, 0.3) is 21.7 Å². The van der Waals surface area contributed by atoms with Crippen molar-refractivity contribution in [3.63, 3.8) is 0 Å². The van der Waals surface area contributed by atoms with Crippen LogP contribution in [0.1, 0.15) is 26.5 Å². The number of anilines is 1. The molecule has 194 valence electrons. The second kappa shape index (κ2) is 10.1. The first-order valence-corrected chi connectivity index (χ1v) is 11.7. The second-order valence-corrected chi connectivity index (χ2v) is 8.66. The number of hydrogen-bond acceptors (Lipinski definition) is 8. The maximum absolute atomic E-state index is 13.0. The zero-order valence-electron chi connectivity index (χ0n) is 20.9. The van der Waals surface area contributed by atoms with E-state index in [1.807, 2.05) is 0 Å². The first-order valence-electron chi connectivity index (χ1n) is 11.7. The van der Waals surface area contributed by atoms with Crippen molar-refractivity contribution in [2.24, 2.45) is 16.0 Å². The molecule has 0 spiro atoms. The Hall–Kier alpha value is -5.58. The summed E-state index contributed by atoms with van der Waals surface area (Å²) in [4.78, 5) is 43.8. The summed E-state index contributed by atoms with van der Waals surface area (Å²) in [5.41, 5.74) is 7.03. The van der Waals surface area contributed by atoms with Gasteiger partial charge in [0.05, 0.1) is 18.0 Å². The van der Waals surface area contributed by atoms with Crippen LogP contribution in [-0.4, -0.2) is 34.0 Å². The molecule has 2 amide bonds. The fourth-order valence-corrected chi connectivity index (χ4v) is 4.11. The monoisotopic (exact) mass is 522 g/mol. The minimum Gasteiger partial charge on any atom is -0.506 e. The zero-order chi connectivity index (χ0) is 27.7. The number of ether oxygens (including phenoxy) is 1. The molecular weight excluding hydrogens is 500 g/mol. The van der Waals surface area contributed by atoms with Gasteiger partial charge in [-0.15, -0.1) is 10.2 Å². The molecular formula is C28H22N6O5. The average Bonchev–Trinajstić information content (AvgIpc) is 2.92. The van der Waals surface area contributed by atoms with Crippen LogP contribution in [-0.2, 0) is 0 Å². The molecule has 4 aromatic carbocycles. The lowest BCUT2D eigenvalue weighted by Crippen LogP contribution is -2.13. The Morgan fingerprint density at radius 1 is 0.974 bits per heavy atom. The van der Waals surface area contributed by atoms with E-state index in [9.17, 15) is 19.5 Å². The summed E-state index contributed by atoms with van der Waals surface area (Å²) >= 11 is 0. The highest BCUT2D eigenvalue weighted by molar-refractivity contribution is 6.08. The van der Waals surface area contributed by atoms with Crippen molar-refractivity contribution in [1.29, 1.82) is 0 Å². The maximum atomic E-state index is 13.0. The molecule has 5 aromatic rings. The number of primary amides is 1. The molecule has 0 aliphatic heterocycles. The molecule has 5 N–H and O–H groups in total. The Bertz CT molecular complexity index is 1880. The highest BCUT2D eigenvalue weighted by Crippen LogP contribution is 2.38. The molecule has 1 aromatic heterocycles. The van der Waals surface area contributed by atoms with Crippen LogP contribution in [0.5, 0.6) is 11.5 Å². The molecule has 0 atom stereocenters. The van der Waals surface area contributed by atoms with E-state index < -0.39 is 11.8 Å². The van der Waals surface area contributed by atoms with Gasteiger partial charge in [0.25, 0.3) is 11.5 Å². The molecule has 11 heteroatoms.